The SMILES string of the molecule is CCOCOC(=O)CF. The van der Waals surface area contributed by atoms with E-state index < -0.39 is 12.6 Å². The third-order valence-corrected chi connectivity index (χ3v) is 0.616. The molecule has 0 saturated heterocycles. The van der Waals surface area contributed by atoms with Crippen molar-refractivity contribution in [3.8, 4) is 0 Å². The van der Waals surface area contributed by atoms with E-state index in [1.807, 2.05) is 0 Å². The lowest BCUT2D eigenvalue weighted by Gasteiger charge is -1.99. The number of hydrogen-bond acceptors (Lipinski definition) is 3. The fourth-order valence-electron chi connectivity index (χ4n) is 0.229. The van der Waals surface area contributed by atoms with Gasteiger partial charge in [-0.1, -0.05) is 0 Å². The molecule has 9 heavy (non-hydrogen) atoms. The zero-order chi connectivity index (χ0) is 7.11. The molecule has 0 saturated carbocycles. The van der Waals surface area contributed by atoms with Crippen LogP contribution >= 0.6 is 0 Å². The van der Waals surface area contributed by atoms with Crippen molar-refractivity contribution in [3.63, 3.8) is 0 Å². The number of rotatable bonds is 4. The molecule has 0 aliphatic carbocycles. The maximum Gasteiger partial charge on any atom is 0.339 e. The Kier molecular flexibility index (Phi) is 5.11. The Morgan fingerprint density at radius 2 is 2.33 bits per heavy atom. The van der Waals surface area contributed by atoms with Gasteiger partial charge in [0.1, 0.15) is 0 Å². The summed E-state index contributed by atoms with van der Waals surface area (Å²) in [5.41, 5.74) is 0. The summed E-state index contributed by atoms with van der Waals surface area (Å²) < 4.78 is 20.1. The summed E-state index contributed by atoms with van der Waals surface area (Å²) >= 11 is 0. The quantitative estimate of drug-likeness (QED) is 0.320. The highest BCUT2D eigenvalue weighted by Crippen LogP contribution is 1.80. The van der Waals surface area contributed by atoms with Crippen LogP contribution in [0.2, 0.25) is 0 Å². The van der Waals surface area contributed by atoms with E-state index in [-0.39, 0.29) is 6.79 Å². The Morgan fingerprint density at radius 1 is 1.67 bits per heavy atom. The Bertz CT molecular complexity index is 84.3. The summed E-state index contributed by atoms with van der Waals surface area (Å²) in [5.74, 6) is -0.886. The zero-order valence-corrected chi connectivity index (χ0v) is 5.22. The molecule has 0 aromatic carbocycles. The number of hydrogen-bond donors (Lipinski definition) is 0. The van der Waals surface area contributed by atoms with Gasteiger partial charge in [-0.25, -0.2) is 9.18 Å². The van der Waals surface area contributed by atoms with Crippen LogP contribution in [0.1, 0.15) is 6.92 Å². The summed E-state index contributed by atoms with van der Waals surface area (Å²) in [6, 6.07) is 0. The highest BCUT2D eigenvalue weighted by atomic mass is 19.1. The van der Waals surface area contributed by atoms with E-state index >= 15 is 0 Å². The van der Waals surface area contributed by atoms with Gasteiger partial charge in [-0.15, -0.1) is 0 Å². The molecule has 0 N–H and O–H groups in total. The third kappa shape index (κ3) is 5.23. The van der Waals surface area contributed by atoms with Crippen molar-refractivity contribution >= 4 is 5.97 Å². The van der Waals surface area contributed by atoms with E-state index in [1.165, 1.54) is 0 Å². The van der Waals surface area contributed by atoms with E-state index in [4.69, 9.17) is 0 Å². The topological polar surface area (TPSA) is 35.5 Å². The summed E-state index contributed by atoms with van der Waals surface area (Å²) in [6.07, 6.45) is 0. The first kappa shape index (κ1) is 8.36. The third-order valence-electron chi connectivity index (χ3n) is 0.616. The zero-order valence-electron chi connectivity index (χ0n) is 5.22. The predicted octanol–water partition coefficient (Wildman–Crippen LogP) is 0.493. The Morgan fingerprint density at radius 3 is 2.78 bits per heavy atom. The number of esters is 1. The molecule has 0 amide bonds. The molecule has 0 rings (SSSR count). The standard InChI is InChI=1S/C5H9FO3/c1-2-8-4-9-5(7)3-6/h2-4H2,1H3. The van der Waals surface area contributed by atoms with Crippen molar-refractivity contribution in [1.82, 2.24) is 0 Å². The molecule has 0 heterocycles. The van der Waals surface area contributed by atoms with Crippen LogP contribution in [0.5, 0.6) is 0 Å². The molecule has 0 aromatic rings. The van der Waals surface area contributed by atoms with Crippen molar-refractivity contribution in [2.75, 3.05) is 20.1 Å². The van der Waals surface area contributed by atoms with E-state index in [1.54, 1.807) is 6.92 Å². The molecule has 0 atom stereocenters. The number of ether oxygens (including phenoxy) is 2. The minimum atomic E-state index is -1.09. The molecular formula is C5H9FO3. The number of carbonyl (C=O) groups excluding carboxylic acids is 1. The average Bonchev–Trinajstić information content (AvgIpc) is 1.89. The van der Waals surface area contributed by atoms with Gasteiger partial charge in [0.05, 0.1) is 0 Å². The van der Waals surface area contributed by atoms with E-state index in [9.17, 15) is 9.18 Å². The van der Waals surface area contributed by atoms with Crippen LogP contribution in [0.3, 0.4) is 0 Å². The molecule has 0 bridgehead atoms. The first-order chi connectivity index (χ1) is 4.31. The lowest BCUT2D eigenvalue weighted by atomic mass is 10.8. The molecule has 3 nitrogen and oxygen atoms in total. The average molecular weight is 136 g/mol. The molecular weight excluding hydrogens is 127 g/mol. The first-order valence-corrected chi connectivity index (χ1v) is 2.60. The summed E-state index contributed by atoms with van der Waals surface area (Å²) in [7, 11) is 0. The van der Waals surface area contributed by atoms with Gasteiger partial charge in [0.2, 0.25) is 0 Å². The van der Waals surface area contributed by atoms with Crippen LogP contribution in [-0.4, -0.2) is 26.0 Å². The van der Waals surface area contributed by atoms with Gasteiger partial charge < -0.3 is 9.47 Å². The van der Waals surface area contributed by atoms with Crippen LogP contribution in [0.4, 0.5) is 4.39 Å². The summed E-state index contributed by atoms with van der Waals surface area (Å²) in [4.78, 5) is 10.0. The van der Waals surface area contributed by atoms with E-state index in [0.29, 0.717) is 6.61 Å². The van der Waals surface area contributed by atoms with Crippen molar-refractivity contribution in [1.29, 1.82) is 0 Å². The van der Waals surface area contributed by atoms with Gasteiger partial charge in [0, 0.05) is 6.61 Å². The smallest absolute Gasteiger partial charge is 0.339 e. The Balaban J connectivity index is 2.97. The predicted molar refractivity (Wildman–Crippen MR) is 28.6 cm³/mol. The molecule has 0 radical (unpaired) electrons. The van der Waals surface area contributed by atoms with Gasteiger partial charge in [-0.3, -0.25) is 0 Å². The number of carbonyl (C=O) groups is 1. The molecule has 0 unspecified atom stereocenters. The summed E-state index contributed by atoms with van der Waals surface area (Å²) in [5, 5.41) is 0. The highest BCUT2D eigenvalue weighted by molar-refractivity contribution is 5.70. The van der Waals surface area contributed by atoms with Gasteiger partial charge >= 0.3 is 5.97 Å². The lowest BCUT2D eigenvalue weighted by Crippen LogP contribution is -2.09. The highest BCUT2D eigenvalue weighted by Gasteiger charge is 1.97. The van der Waals surface area contributed by atoms with Crippen LogP contribution < -0.4 is 0 Å². The maximum atomic E-state index is 11.3. The molecule has 0 aliphatic heterocycles. The van der Waals surface area contributed by atoms with Crippen molar-refractivity contribution in [2.24, 2.45) is 0 Å². The largest absolute Gasteiger partial charge is 0.437 e. The molecule has 0 aliphatic rings. The van der Waals surface area contributed by atoms with Crippen LogP contribution in [0.25, 0.3) is 0 Å². The number of alkyl halides is 1. The van der Waals surface area contributed by atoms with E-state index in [0.717, 1.165) is 0 Å². The molecule has 54 valence electrons. The van der Waals surface area contributed by atoms with Gasteiger partial charge in [-0.2, -0.15) is 0 Å². The first-order valence-electron chi connectivity index (χ1n) is 2.60. The number of halogens is 1. The fraction of sp³-hybridized carbons (Fsp3) is 0.800. The normalized spacial score (nSPS) is 9.11. The second-order valence-corrected chi connectivity index (χ2v) is 1.26. The monoisotopic (exact) mass is 136 g/mol. The Labute approximate surface area is 52.8 Å². The van der Waals surface area contributed by atoms with Crippen LogP contribution in [0, 0.1) is 0 Å². The minimum Gasteiger partial charge on any atom is -0.437 e. The van der Waals surface area contributed by atoms with Crippen molar-refractivity contribution in [2.45, 2.75) is 6.92 Å². The lowest BCUT2D eigenvalue weighted by molar-refractivity contribution is -0.156. The minimum absolute atomic E-state index is 0.154. The molecule has 0 fully saturated rings. The van der Waals surface area contributed by atoms with E-state index in [2.05, 4.69) is 9.47 Å². The van der Waals surface area contributed by atoms with Crippen molar-refractivity contribution < 1.29 is 18.7 Å². The van der Waals surface area contributed by atoms with Gasteiger partial charge in [0.25, 0.3) is 0 Å². The molecule has 0 aromatic heterocycles. The Hall–Kier alpha value is -0.640. The molecule has 0 spiro atoms. The van der Waals surface area contributed by atoms with Crippen molar-refractivity contribution in [3.05, 3.63) is 0 Å². The second-order valence-electron chi connectivity index (χ2n) is 1.26. The van der Waals surface area contributed by atoms with Crippen LogP contribution in [-0.2, 0) is 14.3 Å². The molecule has 4 heteroatoms. The maximum absolute atomic E-state index is 11.3. The second kappa shape index (κ2) is 5.50. The fourth-order valence-corrected chi connectivity index (χ4v) is 0.229. The van der Waals surface area contributed by atoms with Gasteiger partial charge in [0.15, 0.2) is 13.5 Å². The summed E-state index contributed by atoms with van der Waals surface area (Å²) in [6.45, 7) is 0.967. The van der Waals surface area contributed by atoms with Crippen LogP contribution in [0.15, 0.2) is 0 Å². The van der Waals surface area contributed by atoms with Gasteiger partial charge in [-0.05, 0) is 6.92 Å².